The molecule has 1 aromatic heterocycles. The first kappa shape index (κ1) is 11.6. The van der Waals surface area contributed by atoms with Crippen molar-refractivity contribution in [3.8, 4) is 11.1 Å². The molecule has 0 saturated carbocycles. The molecule has 1 aliphatic carbocycles. The molecule has 1 aliphatic rings. The first-order valence-corrected chi connectivity index (χ1v) is 7.92. The van der Waals surface area contributed by atoms with Crippen LogP contribution in [0.1, 0.15) is 11.1 Å². The van der Waals surface area contributed by atoms with E-state index < -0.39 is 0 Å². The number of nitrogens with one attached hydrogen (secondary N) is 1. The van der Waals surface area contributed by atoms with Crippen LogP contribution < -0.4 is 0 Å². The van der Waals surface area contributed by atoms with Gasteiger partial charge in [0.2, 0.25) is 0 Å². The lowest BCUT2D eigenvalue weighted by atomic mass is 10.0. The van der Waals surface area contributed by atoms with Gasteiger partial charge >= 0.3 is 0 Å². The Hall–Kier alpha value is -2.06. The zero-order valence-corrected chi connectivity index (χ0v) is 12.9. The number of halogens is 1. The van der Waals surface area contributed by atoms with Gasteiger partial charge in [0.05, 0.1) is 5.52 Å². The number of hydrogen-bond acceptors (Lipinski definition) is 0. The molecule has 0 spiro atoms. The molecule has 4 aromatic rings. The molecule has 100 valence electrons. The fourth-order valence-electron chi connectivity index (χ4n) is 3.57. The van der Waals surface area contributed by atoms with Gasteiger partial charge in [0.25, 0.3) is 0 Å². The van der Waals surface area contributed by atoms with Gasteiger partial charge in [-0.2, -0.15) is 0 Å². The molecule has 1 N–H and O–H groups in total. The van der Waals surface area contributed by atoms with Crippen LogP contribution in [0.2, 0.25) is 0 Å². The molecule has 5 rings (SSSR count). The predicted molar refractivity (Wildman–Crippen MR) is 91.7 cm³/mol. The third-order valence-electron chi connectivity index (χ3n) is 4.51. The third kappa shape index (κ3) is 1.46. The number of aromatic amines is 1. The Balaban J connectivity index is 2.02. The van der Waals surface area contributed by atoms with Gasteiger partial charge in [-0.05, 0) is 35.2 Å². The Bertz CT molecular complexity index is 1030. The fourth-order valence-corrected chi connectivity index (χ4v) is 4.14. The first-order valence-electron chi connectivity index (χ1n) is 7.13. The molecule has 21 heavy (non-hydrogen) atoms. The van der Waals surface area contributed by atoms with Crippen molar-refractivity contribution in [2.45, 2.75) is 6.42 Å². The second kappa shape index (κ2) is 3.99. The van der Waals surface area contributed by atoms with Gasteiger partial charge in [-0.15, -0.1) is 0 Å². The molecule has 0 atom stereocenters. The topological polar surface area (TPSA) is 15.8 Å². The smallest absolute Gasteiger partial charge is 0.0548 e. The number of para-hydroxylation sites is 1. The third-order valence-corrected chi connectivity index (χ3v) is 5.22. The highest BCUT2D eigenvalue weighted by Gasteiger charge is 2.24. The van der Waals surface area contributed by atoms with Crippen molar-refractivity contribution >= 4 is 37.7 Å². The van der Waals surface area contributed by atoms with E-state index in [1.165, 1.54) is 48.5 Å². The summed E-state index contributed by atoms with van der Waals surface area (Å²) < 4.78 is 1.21. The molecule has 0 amide bonds. The molecule has 0 fully saturated rings. The van der Waals surface area contributed by atoms with Crippen molar-refractivity contribution in [3.63, 3.8) is 0 Å². The summed E-state index contributed by atoms with van der Waals surface area (Å²) in [5, 5.41) is 2.59. The van der Waals surface area contributed by atoms with Crippen LogP contribution in [0.5, 0.6) is 0 Å². The van der Waals surface area contributed by atoms with E-state index in [1.54, 1.807) is 0 Å². The number of hydrogen-bond donors (Lipinski definition) is 1. The summed E-state index contributed by atoms with van der Waals surface area (Å²) in [6.45, 7) is 0. The van der Waals surface area contributed by atoms with E-state index in [9.17, 15) is 0 Å². The van der Waals surface area contributed by atoms with Gasteiger partial charge in [-0.1, -0.05) is 58.4 Å². The lowest BCUT2D eigenvalue weighted by molar-refractivity contribution is 1.25. The highest BCUT2D eigenvalue weighted by molar-refractivity contribution is 9.10. The van der Waals surface area contributed by atoms with Crippen LogP contribution in [0.3, 0.4) is 0 Å². The van der Waals surface area contributed by atoms with E-state index >= 15 is 0 Å². The molecule has 1 heterocycles. The number of benzene rings is 3. The van der Waals surface area contributed by atoms with Crippen molar-refractivity contribution in [2.75, 3.05) is 0 Å². The Kier molecular flexibility index (Phi) is 2.20. The molecule has 2 heteroatoms. The van der Waals surface area contributed by atoms with Crippen LogP contribution in [0.4, 0.5) is 0 Å². The van der Waals surface area contributed by atoms with E-state index in [2.05, 4.69) is 75.5 Å². The average Bonchev–Trinajstić information content (AvgIpc) is 3.06. The standard InChI is InChI=1S/C19H12BrN/c20-16-10-14-13-7-3-4-8-17(13)21-19(14)18-12-6-2-1-5-11(12)9-15(16)18/h1-8,10,21H,9H2. The van der Waals surface area contributed by atoms with Crippen LogP contribution in [0, 0.1) is 0 Å². The van der Waals surface area contributed by atoms with E-state index in [0.29, 0.717) is 0 Å². The Labute approximate surface area is 130 Å². The number of rotatable bonds is 0. The summed E-state index contributed by atoms with van der Waals surface area (Å²) in [4.78, 5) is 3.63. The first-order chi connectivity index (χ1) is 10.3. The lowest BCUT2D eigenvalue weighted by Gasteiger charge is -2.05. The molecule has 1 nitrogen and oxygen atoms in total. The maximum Gasteiger partial charge on any atom is 0.0548 e. The van der Waals surface area contributed by atoms with Crippen LogP contribution in [-0.4, -0.2) is 4.98 Å². The predicted octanol–water partition coefficient (Wildman–Crippen LogP) is 5.65. The largest absolute Gasteiger partial charge is 0.354 e. The van der Waals surface area contributed by atoms with Crippen LogP contribution >= 0.6 is 15.9 Å². The maximum atomic E-state index is 3.78. The number of fused-ring (bicyclic) bond motifs is 7. The van der Waals surface area contributed by atoms with Gasteiger partial charge in [0, 0.05) is 26.3 Å². The zero-order chi connectivity index (χ0) is 14.0. The van der Waals surface area contributed by atoms with E-state index in [-0.39, 0.29) is 0 Å². The van der Waals surface area contributed by atoms with Gasteiger partial charge in [-0.25, -0.2) is 0 Å². The van der Waals surface area contributed by atoms with Crippen molar-refractivity contribution in [3.05, 3.63) is 70.2 Å². The van der Waals surface area contributed by atoms with Crippen LogP contribution in [0.25, 0.3) is 32.9 Å². The molecule has 0 unspecified atom stereocenters. The molecule has 0 saturated heterocycles. The zero-order valence-electron chi connectivity index (χ0n) is 11.3. The van der Waals surface area contributed by atoms with Crippen molar-refractivity contribution in [2.24, 2.45) is 0 Å². The molecule has 0 aliphatic heterocycles. The maximum absolute atomic E-state index is 3.78. The lowest BCUT2D eigenvalue weighted by Crippen LogP contribution is -1.84. The molecular formula is C19H12BrN. The van der Waals surface area contributed by atoms with Crippen LogP contribution in [0.15, 0.2) is 59.1 Å². The molecule has 0 radical (unpaired) electrons. The van der Waals surface area contributed by atoms with Crippen molar-refractivity contribution in [1.29, 1.82) is 0 Å². The normalized spacial score (nSPS) is 12.8. The summed E-state index contributed by atoms with van der Waals surface area (Å²) in [6, 6.07) is 19.5. The molecular weight excluding hydrogens is 322 g/mol. The van der Waals surface area contributed by atoms with Gasteiger partial charge in [-0.3, -0.25) is 0 Å². The average molecular weight is 334 g/mol. The molecule has 3 aromatic carbocycles. The summed E-state index contributed by atoms with van der Waals surface area (Å²) in [6.07, 6.45) is 1.01. The summed E-state index contributed by atoms with van der Waals surface area (Å²) in [5.41, 5.74) is 8.02. The van der Waals surface area contributed by atoms with E-state index in [4.69, 9.17) is 0 Å². The highest BCUT2D eigenvalue weighted by atomic mass is 79.9. The Morgan fingerprint density at radius 2 is 1.71 bits per heavy atom. The number of H-pyrrole nitrogens is 1. The van der Waals surface area contributed by atoms with Gasteiger partial charge < -0.3 is 4.98 Å². The number of aromatic nitrogens is 1. The van der Waals surface area contributed by atoms with Crippen LogP contribution in [-0.2, 0) is 6.42 Å². The quantitative estimate of drug-likeness (QED) is 0.376. The molecule has 0 bridgehead atoms. The highest BCUT2D eigenvalue weighted by Crippen LogP contribution is 2.45. The van der Waals surface area contributed by atoms with E-state index in [1.807, 2.05) is 0 Å². The summed E-state index contributed by atoms with van der Waals surface area (Å²) >= 11 is 3.78. The monoisotopic (exact) mass is 333 g/mol. The van der Waals surface area contributed by atoms with Crippen molar-refractivity contribution in [1.82, 2.24) is 4.98 Å². The Morgan fingerprint density at radius 3 is 2.67 bits per heavy atom. The minimum Gasteiger partial charge on any atom is -0.354 e. The minimum atomic E-state index is 1.01. The second-order valence-electron chi connectivity index (χ2n) is 5.64. The minimum absolute atomic E-state index is 1.01. The van der Waals surface area contributed by atoms with Gasteiger partial charge in [0.15, 0.2) is 0 Å². The van der Waals surface area contributed by atoms with Crippen molar-refractivity contribution < 1.29 is 0 Å². The van der Waals surface area contributed by atoms with E-state index in [0.717, 1.165) is 6.42 Å². The SMILES string of the molecule is Brc1cc2c([nH]c3ccccc32)c2c1Cc1ccccc1-2. The van der Waals surface area contributed by atoms with Gasteiger partial charge in [0.1, 0.15) is 0 Å². The Morgan fingerprint density at radius 1 is 0.905 bits per heavy atom. The summed E-state index contributed by atoms with van der Waals surface area (Å²) in [7, 11) is 0. The fraction of sp³-hybridized carbons (Fsp3) is 0.0526. The second-order valence-corrected chi connectivity index (χ2v) is 6.49. The summed E-state index contributed by atoms with van der Waals surface area (Å²) in [5.74, 6) is 0.